The van der Waals surface area contributed by atoms with Gasteiger partial charge in [0.15, 0.2) is 0 Å². The first-order valence-corrected chi connectivity index (χ1v) is 6.05. The van der Waals surface area contributed by atoms with Crippen LogP contribution in [-0.4, -0.2) is 30.3 Å². The molecule has 4 nitrogen and oxygen atoms in total. The van der Waals surface area contributed by atoms with E-state index in [1.54, 1.807) is 0 Å². The van der Waals surface area contributed by atoms with Crippen molar-refractivity contribution >= 4 is 5.97 Å². The summed E-state index contributed by atoms with van der Waals surface area (Å²) in [6, 6.07) is 9.03. The summed E-state index contributed by atoms with van der Waals surface area (Å²) in [6.07, 6.45) is 2.73. The third kappa shape index (κ3) is 3.18. The van der Waals surface area contributed by atoms with E-state index in [-0.39, 0.29) is 19.2 Å². The van der Waals surface area contributed by atoms with Crippen molar-refractivity contribution in [3.63, 3.8) is 0 Å². The summed E-state index contributed by atoms with van der Waals surface area (Å²) in [4.78, 5) is 11.9. The van der Waals surface area contributed by atoms with Gasteiger partial charge in [-0.1, -0.05) is 36.4 Å². The van der Waals surface area contributed by atoms with Crippen LogP contribution in [-0.2, 0) is 16.1 Å². The van der Waals surface area contributed by atoms with Crippen LogP contribution in [0.25, 0.3) is 0 Å². The standard InChI is InChI=1S/C14H17NO3/c16-9-12-7-4-8-15-13(12)14(17)18-10-11-5-2-1-3-6-11/h1-3,5-7,13,15-16H,4,8-10H2. The molecule has 0 spiro atoms. The lowest BCUT2D eigenvalue weighted by Crippen LogP contribution is -2.43. The minimum absolute atomic E-state index is 0.113. The average molecular weight is 247 g/mol. The van der Waals surface area contributed by atoms with Gasteiger partial charge in [-0.2, -0.15) is 0 Å². The van der Waals surface area contributed by atoms with Crippen LogP contribution in [0.3, 0.4) is 0 Å². The molecule has 0 radical (unpaired) electrons. The minimum Gasteiger partial charge on any atom is -0.459 e. The minimum atomic E-state index is -0.507. The third-order valence-corrected chi connectivity index (χ3v) is 2.91. The van der Waals surface area contributed by atoms with Crippen LogP contribution in [0.4, 0.5) is 0 Å². The zero-order valence-corrected chi connectivity index (χ0v) is 10.1. The molecule has 0 amide bonds. The summed E-state index contributed by atoms with van der Waals surface area (Å²) < 4.78 is 5.25. The van der Waals surface area contributed by atoms with Crippen LogP contribution in [0.5, 0.6) is 0 Å². The van der Waals surface area contributed by atoms with Crippen LogP contribution in [0.15, 0.2) is 42.0 Å². The molecule has 0 aromatic heterocycles. The van der Waals surface area contributed by atoms with E-state index in [0.717, 1.165) is 18.5 Å². The lowest BCUT2D eigenvalue weighted by Gasteiger charge is -2.23. The number of nitrogens with one attached hydrogen (secondary N) is 1. The van der Waals surface area contributed by atoms with Gasteiger partial charge in [-0.25, -0.2) is 4.79 Å². The van der Waals surface area contributed by atoms with Gasteiger partial charge in [0.2, 0.25) is 0 Å². The van der Waals surface area contributed by atoms with E-state index >= 15 is 0 Å². The maximum atomic E-state index is 11.9. The van der Waals surface area contributed by atoms with E-state index in [2.05, 4.69) is 5.32 Å². The second kappa shape index (κ2) is 6.33. The van der Waals surface area contributed by atoms with Crippen molar-refractivity contribution in [1.82, 2.24) is 5.32 Å². The molecule has 4 heteroatoms. The number of carbonyl (C=O) groups excluding carboxylic acids is 1. The lowest BCUT2D eigenvalue weighted by atomic mass is 10.0. The normalized spacial score (nSPS) is 19.2. The molecular weight excluding hydrogens is 230 g/mol. The number of esters is 1. The summed E-state index contributed by atoms with van der Waals surface area (Å²) in [5, 5.41) is 12.2. The Morgan fingerprint density at radius 2 is 2.17 bits per heavy atom. The van der Waals surface area contributed by atoms with Crippen molar-refractivity contribution in [2.24, 2.45) is 0 Å². The molecule has 18 heavy (non-hydrogen) atoms. The molecule has 0 aliphatic carbocycles. The SMILES string of the molecule is O=C(OCc1ccccc1)C1NCCC=C1CO. The van der Waals surface area contributed by atoms with Crippen LogP contribution >= 0.6 is 0 Å². The van der Waals surface area contributed by atoms with Gasteiger partial charge in [-0.05, 0) is 24.1 Å². The molecule has 0 bridgehead atoms. The largest absolute Gasteiger partial charge is 0.459 e. The van der Waals surface area contributed by atoms with E-state index in [9.17, 15) is 9.90 Å². The number of carbonyl (C=O) groups is 1. The van der Waals surface area contributed by atoms with Gasteiger partial charge in [-0.3, -0.25) is 0 Å². The van der Waals surface area contributed by atoms with Gasteiger partial charge in [0, 0.05) is 0 Å². The Morgan fingerprint density at radius 1 is 1.39 bits per heavy atom. The highest BCUT2D eigenvalue weighted by Gasteiger charge is 2.25. The van der Waals surface area contributed by atoms with Crippen molar-refractivity contribution in [2.75, 3.05) is 13.2 Å². The summed E-state index contributed by atoms with van der Waals surface area (Å²) in [7, 11) is 0. The average Bonchev–Trinajstić information content (AvgIpc) is 2.45. The number of benzene rings is 1. The highest BCUT2D eigenvalue weighted by Crippen LogP contribution is 2.11. The van der Waals surface area contributed by atoms with Crippen molar-refractivity contribution in [1.29, 1.82) is 0 Å². The topological polar surface area (TPSA) is 58.6 Å². The number of ether oxygens (including phenoxy) is 1. The monoisotopic (exact) mass is 247 g/mol. The Morgan fingerprint density at radius 3 is 2.89 bits per heavy atom. The number of aliphatic hydroxyl groups is 1. The van der Waals surface area contributed by atoms with Gasteiger partial charge >= 0.3 is 5.97 Å². The Bertz CT molecular complexity index is 428. The number of hydrogen-bond acceptors (Lipinski definition) is 4. The van der Waals surface area contributed by atoms with Crippen LogP contribution in [0.2, 0.25) is 0 Å². The van der Waals surface area contributed by atoms with E-state index in [1.165, 1.54) is 0 Å². The van der Waals surface area contributed by atoms with Crippen molar-refractivity contribution in [2.45, 2.75) is 19.1 Å². The van der Waals surface area contributed by atoms with Gasteiger partial charge in [0.1, 0.15) is 12.6 Å². The first-order valence-electron chi connectivity index (χ1n) is 6.05. The van der Waals surface area contributed by atoms with Crippen LogP contribution in [0, 0.1) is 0 Å². The third-order valence-electron chi connectivity index (χ3n) is 2.91. The van der Waals surface area contributed by atoms with Gasteiger partial charge in [0.25, 0.3) is 0 Å². The zero-order valence-electron chi connectivity index (χ0n) is 10.1. The molecule has 2 N–H and O–H groups in total. The molecule has 0 saturated heterocycles. The van der Waals surface area contributed by atoms with Crippen molar-refractivity contribution in [3.05, 3.63) is 47.5 Å². The van der Waals surface area contributed by atoms with E-state index < -0.39 is 6.04 Å². The molecule has 1 heterocycles. The molecule has 96 valence electrons. The highest BCUT2D eigenvalue weighted by molar-refractivity contribution is 5.79. The Labute approximate surface area is 106 Å². The summed E-state index contributed by atoms with van der Waals surface area (Å²) in [5.41, 5.74) is 1.65. The maximum absolute atomic E-state index is 11.9. The van der Waals surface area contributed by atoms with Crippen LogP contribution < -0.4 is 5.32 Å². The summed E-state index contributed by atoms with van der Waals surface area (Å²) in [6.45, 7) is 0.878. The molecular formula is C14H17NO3. The van der Waals surface area contributed by atoms with E-state index in [1.807, 2.05) is 36.4 Å². The predicted octanol–water partition coefficient (Wildman–Crippen LogP) is 1.01. The van der Waals surface area contributed by atoms with Crippen LogP contribution in [0.1, 0.15) is 12.0 Å². The first-order chi connectivity index (χ1) is 8.81. The number of hydrogen-bond donors (Lipinski definition) is 2. The molecule has 1 aromatic carbocycles. The molecule has 2 rings (SSSR count). The molecule has 1 aromatic rings. The molecule has 1 aliphatic rings. The molecule has 1 unspecified atom stereocenters. The van der Waals surface area contributed by atoms with Crippen molar-refractivity contribution < 1.29 is 14.6 Å². The summed E-state index contributed by atoms with van der Waals surface area (Å²) >= 11 is 0. The number of rotatable bonds is 4. The van der Waals surface area contributed by atoms with Crippen molar-refractivity contribution in [3.8, 4) is 0 Å². The second-order valence-electron chi connectivity index (χ2n) is 4.21. The Hall–Kier alpha value is -1.65. The molecule has 0 fully saturated rings. The quantitative estimate of drug-likeness (QED) is 0.616. The fourth-order valence-electron chi connectivity index (χ4n) is 1.94. The predicted molar refractivity (Wildman–Crippen MR) is 67.8 cm³/mol. The number of aliphatic hydroxyl groups excluding tert-OH is 1. The smallest absolute Gasteiger partial charge is 0.327 e. The van der Waals surface area contributed by atoms with Gasteiger partial charge in [-0.15, -0.1) is 0 Å². The first kappa shape index (κ1) is 12.8. The lowest BCUT2D eigenvalue weighted by molar-refractivity contribution is -0.146. The van der Waals surface area contributed by atoms with Gasteiger partial charge < -0.3 is 15.2 Å². The fraction of sp³-hybridized carbons (Fsp3) is 0.357. The highest BCUT2D eigenvalue weighted by atomic mass is 16.5. The fourth-order valence-corrected chi connectivity index (χ4v) is 1.94. The molecule has 0 saturated carbocycles. The Balaban J connectivity index is 1.92. The summed E-state index contributed by atoms with van der Waals surface area (Å²) in [5.74, 6) is -0.334. The molecule has 1 atom stereocenters. The van der Waals surface area contributed by atoms with Gasteiger partial charge in [0.05, 0.1) is 6.61 Å². The maximum Gasteiger partial charge on any atom is 0.327 e. The zero-order chi connectivity index (χ0) is 12.8. The van der Waals surface area contributed by atoms with E-state index in [0.29, 0.717) is 5.57 Å². The Kier molecular flexibility index (Phi) is 4.50. The van der Waals surface area contributed by atoms with E-state index in [4.69, 9.17) is 4.74 Å². The second-order valence-corrected chi connectivity index (χ2v) is 4.21. The molecule has 1 aliphatic heterocycles.